The summed E-state index contributed by atoms with van der Waals surface area (Å²) in [5.74, 6) is 0.519. The van der Waals surface area contributed by atoms with Gasteiger partial charge in [0, 0.05) is 5.56 Å². The van der Waals surface area contributed by atoms with Gasteiger partial charge in [0.05, 0.1) is 17.7 Å². The second kappa shape index (κ2) is 6.47. The van der Waals surface area contributed by atoms with Gasteiger partial charge in [-0.25, -0.2) is 5.43 Å². The van der Waals surface area contributed by atoms with Crippen LogP contribution >= 0.6 is 23.2 Å². The highest BCUT2D eigenvalue weighted by atomic mass is 35.5. The summed E-state index contributed by atoms with van der Waals surface area (Å²) >= 11 is 12.0. The monoisotopic (exact) mass is 342 g/mol. The summed E-state index contributed by atoms with van der Waals surface area (Å²) in [6.07, 6.45) is 1.38. The lowest BCUT2D eigenvalue weighted by Crippen LogP contribution is -2.30. The first-order chi connectivity index (χ1) is 10.3. The van der Waals surface area contributed by atoms with Crippen LogP contribution in [0.1, 0.15) is 39.2 Å². The Morgan fingerprint density at radius 2 is 2.14 bits per heavy atom. The molecule has 22 heavy (non-hydrogen) atoms. The van der Waals surface area contributed by atoms with Gasteiger partial charge in [-0.1, -0.05) is 19.1 Å². The maximum absolute atomic E-state index is 12.1. The highest BCUT2D eigenvalue weighted by molar-refractivity contribution is 6.53. The molecule has 0 heterocycles. The van der Waals surface area contributed by atoms with Crippen LogP contribution in [0.5, 0.6) is 5.75 Å². The number of carbonyl (C=O) groups excluding carboxylic acids is 1. The van der Waals surface area contributed by atoms with E-state index in [0.717, 1.165) is 17.7 Å². The number of amides is 1. The third-order valence-electron chi connectivity index (χ3n) is 3.81. The van der Waals surface area contributed by atoms with E-state index < -0.39 is 9.75 Å². The second-order valence-electron chi connectivity index (χ2n) is 5.73. The van der Waals surface area contributed by atoms with Crippen LogP contribution in [0.15, 0.2) is 29.4 Å². The van der Waals surface area contributed by atoms with E-state index in [1.165, 1.54) is 0 Å². The number of alkyl halides is 2. The van der Waals surface area contributed by atoms with Gasteiger partial charge in [-0.2, -0.15) is 5.10 Å². The first kappa shape index (κ1) is 17.1. The predicted octanol–water partition coefficient (Wildman–Crippen LogP) is 3.90. The quantitative estimate of drug-likeness (QED) is 0.484. The van der Waals surface area contributed by atoms with Crippen LogP contribution in [0.3, 0.4) is 0 Å². The number of hydrogen-bond donors (Lipinski definition) is 1. The van der Waals surface area contributed by atoms with E-state index in [9.17, 15) is 4.79 Å². The van der Waals surface area contributed by atoms with Crippen molar-refractivity contribution in [3.05, 3.63) is 29.8 Å². The molecule has 1 aliphatic rings. The molecule has 0 unspecified atom stereocenters. The van der Waals surface area contributed by atoms with Crippen LogP contribution in [0.25, 0.3) is 0 Å². The molecule has 1 aliphatic carbocycles. The van der Waals surface area contributed by atoms with Gasteiger partial charge >= 0.3 is 0 Å². The van der Waals surface area contributed by atoms with E-state index in [1.54, 1.807) is 6.92 Å². The van der Waals surface area contributed by atoms with E-state index in [1.807, 2.05) is 31.2 Å². The molecule has 120 valence electrons. The molecule has 1 amide bonds. The van der Waals surface area contributed by atoms with Crippen molar-refractivity contribution in [3.8, 4) is 5.75 Å². The fraction of sp³-hybridized carbons (Fsp3) is 0.500. The van der Waals surface area contributed by atoms with E-state index in [-0.39, 0.29) is 5.91 Å². The van der Waals surface area contributed by atoms with Gasteiger partial charge in [-0.15, -0.1) is 23.2 Å². The van der Waals surface area contributed by atoms with Gasteiger partial charge in [0.1, 0.15) is 10.1 Å². The first-order valence-corrected chi connectivity index (χ1v) is 8.01. The normalized spacial score (nSPS) is 23.0. The third kappa shape index (κ3) is 3.55. The molecule has 1 N–H and O–H groups in total. The number of benzene rings is 1. The average molecular weight is 343 g/mol. The fourth-order valence-electron chi connectivity index (χ4n) is 2.00. The zero-order valence-corrected chi connectivity index (χ0v) is 14.5. The standard InChI is InChI=1S/C16H20Cl2N2O2/c1-4-8-22-13-7-5-6-12(9-13)11(2)19-20-14(21)15(3)10-16(15,17)18/h5-7,9H,4,8,10H2,1-3H3,(H,20,21)/b19-11-/t15-/m1/s1. The minimum atomic E-state index is -0.992. The van der Waals surface area contributed by atoms with Crippen molar-refractivity contribution < 1.29 is 9.53 Å². The number of nitrogens with zero attached hydrogens (tertiary/aromatic N) is 1. The summed E-state index contributed by atoms with van der Waals surface area (Å²) in [5, 5.41) is 4.13. The Hall–Kier alpha value is -1.26. The van der Waals surface area contributed by atoms with Crippen molar-refractivity contribution in [1.82, 2.24) is 5.43 Å². The molecule has 0 aliphatic heterocycles. The molecular weight excluding hydrogens is 323 g/mol. The summed E-state index contributed by atoms with van der Waals surface area (Å²) < 4.78 is 4.59. The molecule has 0 aromatic heterocycles. The van der Waals surface area contributed by atoms with Gasteiger partial charge in [-0.05, 0) is 38.8 Å². The molecule has 0 radical (unpaired) electrons. The van der Waals surface area contributed by atoms with Crippen molar-refractivity contribution in [1.29, 1.82) is 0 Å². The lowest BCUT2D eigenvalue weighted by Gasteiger charge is -2.10. The van der Waals surface area contributed by atoms with E-state index in [2.05, 4.69) is 17.5 Å². The molecule has 0 saturated heterocycles. The molecule has 1 atom stereocenters. The topological polar surface area (TPSA) is 50.7 Å². The Balaban J connectivity index is 2.02. The second-order valence-corrected chi connectivity index (χ2v) is 7.21. The smallest absolute Gasteiger partial charge is 0.249 e. The van der Waals surface area contributed by atoms with Crippen molar-refractivity contribution in [3.63, 3.8) is 0 Å². The van der Waals surface area contributed by atoms with Gasteiger partial charge < -0.3 is 4.74 Å². The fourth-order valence-corrected chi connectivity index (χ4v) is 2.71. The van der Waals surface area contributed by atoms with Gasteiger partial charge in [-0.3, -0.25) is 4.79 Å². The third-order valence-corrected chi connectivity index (χ3v) is 4.91. The Morgan fingerprint density at radius 3 is 2.73 bits per heavy atom. The number of carbonyl (C=O) groups is 1. The Kier molecular flexibility index (Phi) is 5.03. The largest absolute Gasteiger partial charge is 0.494 e. The molecule has 0 spiro atoms. The Labute approximate surface area is 140 Å². The molecule has 1 fully saturated rings. The SMILES string of the molecule is CCCOc1cccc(/C(C)=N\NC(=O)[C@@]2(C)CC2(Cl)Cl)c1. The molecule has 4 nitrogen and oxygen atoms in total. The molecule has 1 aromatic carbocycles. The van der Waals surface area contributed by atoms with Crippen molar-refractivity contribution in [2.24, 2.45) is 10.5 Å². The summed E-state index contributed by atoms with van der Waals surface area (Å²) in [5.41, 5.74) is 3.35. The van der Waals surface area contributed by atoms with Crippen molar-refractivity contribution in [2.45, 2.75) is 37.9 Å². The van der Waals surface area contributed by atoms with Crippen LogP contribution in [-0.2, 0) is 4.79 Å². The lowest BCUT2D eigenvalue weighted by molar-refractivity contribution is -0.125. The van der Waals surface area contributed by atoms with Crippen LogP contribution in [0, 0.1) is 5.41 Å². The minimum absolute atomic E-state index is 0.268. The van der Waals surface area contributed by atoms with Crippen molar-refractivity contribution >= 4 is 34.8 Å². The lowest BCUT2D eigenvalue weighted by atomic mass is 10.1. The van der Waals surface area contributed by atoms with E-state index >= 15 is 0 Å². The summed E-state index contributed by atoms with van der Waals surface area (Å²) in [4.78, 5) is 12.1. The zero-order chi connectivity index (χ0) is 16.4. The molecule has 1 aromatic rings. The Bertz CT molecular complexity index is 602. The number of halogens is 2. The maximum Gasteiger partial charge on any atom is 0.249 e. The number of hydrazone groups is 1. The minimum Gasteiger partial charge on any atom is -0.494 e. The average Bonchev–Trinajstić information content (AvgIpc) is 3.02. The number of nitrogens with one attached hydrogen (secondary N) is 1. The van der Waals surface area contributed by atoms with Gasteiger partial charge in [0.2, 0.25) is 5.91 Å². The molecule has 2 rings (SSSR count). The van der Waals surface area contributed by atoms with Crippen LogP contribution in [-0.4, -0.2) is 22.6 Å². The van der Waals surface area contributed by atoms with Gasteiger partial charge in [0.25, 0.3) is 0 Å². The molecule has 1 saturated carbocycles. The maximum atomic E-state index is 12.1. The first-order valence-electron chi connectivity index (χ1n) is 7.26. The van der Waals surface area contributed by atoms with E-state index in [4.69, 9.17) is 27.9 Å². The highest BCUT2D eigenvalue weighted by Crippen LogP contribution is 2.63. The number of rotatable bonds is 6. The van der Waals surface area contributed by atoms with Crippen molar-refractivity contribution in [2.75, 3.05) is 6.61 Å². The Morgan fingerprint density at radius 1 is 1.45 bits per heavy atom. The number of hydrogen-bond acceptors (Lipinski definition) is 3. The van der Waals surface area contributed by atoms with E-state index in [0.29, 0.717) is 18.7 Å². The summed E-state index contributed by atoms with van der Waals surface area (Å²) in [6, 6.07) is 7.60. The molecular formula is C16H20Cl2N2O2. The van der Waals surface area contributed by atoms with Gasteiger partial charge in [0.15, 0.2) is 0 Å². The van der Waals surface area contributed by atoms with Crippen LogP contribution in [0.2, 0.25) is 0 Å². The van der Waals surface area contributed by atoms with Crippen LogP contribution < -0.4 is 10.2 Å². The summed E-state index contributed by atoms with van der Waals surface area (Å²) in [7, 11) is 0. The molecule has 0 bridgehead atoms. The highest BCUT2D eigenvalue weighted by Gasteiger charge is 2.68. The summed E-state index contributed by atoms with van der Waals surface area (Å²) in [6.45, 7) is 6.27. The van der Waals surface area contributed by atoms with Crippen LogP contribution in [0.4, 0.5) is 0 Å². The predicted molar refractivity (Wildman–Crippen MR) is 89.7 cm³/mol. The molecule has 6 heteroatoms. The number of ether oxygens (including phenoxy) is 1. The zero-order valence-electron chi connectivity index (χ0n) is 13.0.